The van der Waals surface area contributed by atoms with E-state index in [-0.39, 0.29) is 6.54 Å². The summed E-state index contributed by atoms with van der Waals surface area (Å²) < 4.78 is 11.1. The van der Waals surface area contributed by atoms with Gasteiger partial charge in [-0.05, 0) is 57.1 Å². The van der Waals surface area contributed by atoms with Crippen LogP contribution in [0.1, 0.15) is 25.2 Å². The van der Waals surface area contributed by atoms with Crippen molar-refractivity contribution in [3.05, 3.63) is 36.4 Å². The maximum absolute atomic E-state index is 10.9. The molecule has 1 aromatic heterocycles. The van der Waals surface area contributed by atoms with Crippen molar-refractivity contribution in [1.82, 2.24) is 14.8 Å². The molecule has 0 bridgehead atoms. The van der Waals surface area contributed by atoms with Gasteiger partial charge in [-0.2, -0.15) is 0 Å². The molecule has 1 aliphatic rings. The number of aliphatic carboxylic acids is 1. The number of ether oxygens (including phenoxy) is 1. The zero-order valence-electron chi connectivity index (χ0n) is 15.9. The summed E-state index contributed by atoms with van der Waals surface area (Å²) in [6.07, 6.45) is 4.78. The van der Waals surface area contributed by atoms with Gasteiger partial charge in [0.1, 0.15) is 5.75 Å². The molecule has 1 aromatic carbocycles. The first-order valence-corrected chi connectivity index (χ1v) is 9.28. The van der Waals surface area contributed by atoms with Gasteiger partial charge in [0.2, 0.25) is 5.89 Å². The molecule has 1 N–H and O–H groups in total. The molecule has 1 aliphatic heterocycles. The van der Waals surface area contributed by atoms with Crippen molar-refractivity contribution in [2.75, 3.05) is 33.8 Å². The lowest BCUT2D eigenvalue weighted by atomic mass is 10.1. The molecular weight excluding hydrogens is 346 g/mol. The van der Waals surface area contributed by atoms with Crippen molar-refractivity contribution in [2.45, 2.75) is 31.8 Å². The van der Waals surface area contributed by atoms with Crippen LogP contribution in [-0.2, 0) is 11.3 Å². The van der Waals surface area contributed by atoms with Gasteiger partial charge in [-0.25, -0.2) is 4.98 Å². The maximum atomic E-state index is 10.9. The second-order valence-electron chi connectivity index (χ2n) is 7.02. The quantitative estimate of drug-likeness (QED) is 0.799. The van der Waals surface area contributed by atoms with E-state index in [1.54, 1.807) is 13.3 Å². The number of carbonyl (C=O) groups is 1. The summed E-state index contributed by atoms with van der Waals surface area (Å²) in [5.74, 6) is 1.50. The largest absolute Gasteiger partial charge is 0.497 e. The highest BCUT2D eigenvalue weighted by Crippen LogP contribution is 2.24. The van der Waals surface area contributed by atoms with Gasteiger partial charge in [-0.3, -0.25) is 14.6 Å². The summed E-state index contributed by atoms with van der Waals surface area (Å²) in [7, 11) is 3.54. The van der Waals surface area contributed by atoms with Crippen LogP contribution in [0, 0.1) is 0 Å². The van der Waals surface area contributed by atoms with E-state index in [0.717, 1.165) is 49.4 Å². The second-order valence-corrected chi connectivity index (χ2v) is 7.02. The summed E-state index contributed by atoms with van der Waals surface area (Å²) >= 11 is 0. The third kappa shape index (κ3) is 5.30. The van der Waals surface area contributed by atoms with Crippen molar-refractivity contribution < 1.29 is 19.1 Å². The molecule has 1 fully saturated rings. The lowest BCUT2D eigenvalue weighted by molar-refractivity contribution is -0.138. The first-order chi connectivity index (χ1) is 13.0. The van der Waals surface area contributed by atoms with Crippen LogP contribution in [-0.4, -0.2) is 65.7 Å². The van der Waals surface area contributed by atoms with E-state index in [2.05, 4.69) is 9.88 Å². The number of hydrogen-bond donors (Lipinski definition) is 1. The summed E-state index contributed by atoms with van der Waals surface area (Å²) in [5, 5.41) is 8.98. The molecule has 7 nitrogen and oxygen atoms in total. The van der Waals surface area contributed by atoms with Crippen molar-refractivity contribution in [2.24, 2.45) is 0 Å². The Hall–Kier alpha value is -2.38. The smallest absolute Gasteiger partial charge is 0.317 e. The Balaban J connectivity index is 1.56. The summed E-state index contributed by atoms with van der Waals surface area (Å²) in [4.78, 5) is 19.6. The van der Waals surface area contributed by atoms with E-state index >= 15 is 0 Å². The molecule has 0 amide bonds. The van der Waals surface area contributed by atoms with Gasteiger partial charge in [-0.15, -0.1) is 0 Å². The van der Waals surface area contributed by atoms with Crippen LogP contribution >= 0.6 is 0 Å². The number of oxazole rings is 1. The average molecular weight is 373 g/mol. The average Bonchev–Trinajstić information content (AvgIpc) is 2.99. The van der Waals surface area contributed by atoms with Crippen molar-refractivity contribution in [1.29, 1.82) is 0 Å². The molecule has 0 saturated carbocycles. The molecule has 27 heavy (non-hydrogen) atoms. The fourth-order valence-corrected chi connectivity index (χ4v) is 3.54. The molecule has 0 spiro atoms. The van der Waals surface area contributed by atoms with Crippen LogP contribution in [0.4, 0.5) is 0 Å². The van der Waals surface area contributed by atoms with Crippen LogP contribution in [0.15, 0.2) is 34.9 Å². The molecule has 2 heterocycles. The molecule has 0 aliphatic carbocycles. The number of hydrogen-bond acceptors (Lipinski definition) is 6. The lowest BCUT2D eigenvalue weighted by Crippen LogP contribution is -2.36. The Morgan fingerprint density at radius 2 is 2.11 bits per heavy atom. The van der Waals surface area contributed by atoms with Gasteiger partial charge in [-0.1, -0.05) is 0 Å². The molecule has 1 saturated heterocycles. The van der Waals surface area contributed by atoms with E-state index in [9.17, 15) is 4.79 Å². The zero-order chi connectivity index (χ0) is 19.2. The number of aromatic nitrogens is 1. The second kappa shape index (κ2) is 9.01. The van der Waals surface area contributed by atoms with E-state index in [1.807, 2.05) is 36.2 Å². The molecule has 1 unspecified atom stereocenters. The highest BCUT2D eigenvalue weighted by molar-refractivity contribution is 5.69. The third-order valence-electron chi connectivity index (χ3n) is 5.09. The Labute approximate surface area is 159 Å². The van der Waals surface area contributed by atoms with Crippen molar-refractivity contribution >= 4 is 5.97 Å². The lowest BCUT2D eigenvalue weighted by Gasteiger charge is -2.25. The molecule has 146 valence electrons. The van der Waals surface area contributed by atoms with Crippen LogP contribution in [0.2, 0.25) is 0 Å². The number of rotatable bonds is 7. The Kier molecular flexibility index (Phi) is 6.47. The Morgan fingerprint density at radius 1 is 1.33 bits per heavy atom. The minimum atomic E-state index is -0.774. The van der Waals surface area contributed by atoms with E-state index in [1.165, 1.54) is 0 Å². The van der Waals surface area contributed by atoms with Crippen LogP contribution in [0.5, 0.6) is 5.75 Å². The van der Waals surface area contributed by atoms with Crippen LogP contribution < -0.4 is 4.74 Å². The predicted molar refractivity (Wildman–Crippen MR) is 102 cm³/mol. The SMILES string of the molecule is COc1ccc(-c2cnc(CN3CCCC(N(C)CC(=O)O)CC3)o2)cc1. The van der Waals surface area contributed by atoms with E-state index in [4.69, 9.17) is 14.3 Å². The normalized spacial score (nSPS) is 18.4. The van der Waals surface area contributed by atoms with Crippen LogP contribution in [0.25, 0.3) is 11.3 Å². The zero-order valence-corrected chi connectivity index (χ0v) is 15.9. The Bertz CT molecular complexity index is 744. The minimum Gasteiger partial charge on any atom is -0.497 e. The molecule has 0 radical (unpaired) electrons. The summed E-state index contributed by atoms with van der Waals surface area (Å²) in [6, 6.07) is 8.03. The molecule has 1 atom stereocenters. The minimum absolute atomic E-state index is 0.0929. The monoisotopic (exact) mass is 373 g/mol. The van der Waals surface area contributed by atoms with Gasteiger partial charge in [0.25, 0.3) is 0 Å². The highest BCUT2D eigenvalue weighted by Gasteiger charge is 2.22. The molecule has 2 aromatic rings. The molecular formula is C20H27N3O4. The first kappa shape index (κ1) is 19.4. The van der Waals surface area contributed by atoms with Gasteiger partial charge in [0, 0.05) is 18.2 Å². The Morgan fingerprint density at radius 3 is 2.81 bits per heavy atom. The highest BCUT2D eigenvalue weighted by atomic mass is 16.5. The molecule has 7 heteroatoms. The number of likely N-dealkylation sites (tertiary alicyclic amines) is 1. The number of methoxy groups -OCH3 is 1. The fraction of sp³-hybridized carbons (Fsp3) is 0.500. The topological polar surface area (TPSA) is 79.0 Å². The number of benzene rings is 1. The standard InChI is InChI=1S/C20H27N3O4/c1-22(14-20(24)25)16-4-3-10-23(11-9-16)13-19-21-12-18(27-19)15-5-7-17(26-2)8-6-15/h5-8,12,16H,3-4,9-11,13-14H2,1-2H3,(H,24,25). The van der Waals surface area contributed by atoms with E-state index < -0.39 is 5.97 Å². The van der Waals surface area contributed by atoms with Gasteiger partial charge in [0.15, 0.2) is 5.76 Å². The number of nitrogens with zero attached hydrogens (tertiary/aromatic N) is 3. The summed E-state index contributed by atoms with van der Waals surface area (Å²) in [6.45, 7) is 2.65. The van der Waals surface area contributed by atoms with E-state index in [0.29, 0.717) is 18.5 Å². The molecule has 3 rings (SSSR count). The number of carboxylic acid groups (broad SMARTS) is 1. The van der Waals surface area contributed by atoms with Crippen molar-refractivity contribution in [3.8, 4) is 17.1 Å². The number of likely N-dealkylation sites (N-methyl/N-ethyl adjacent to an activating group) is 1. The van der Waals surface area contributed by atoms with Gasteiger partial charge >= 0.3 is 5.97 Å². The van der Waals surface area contributed by atoms with Crippen LogP contribution in [0.3, 0.4) is 0 Å². The summed E-state index contributed by atoms with van der Waals surface area (Å²) in [5.41, 5.74) is 0.973. The number of carboxylic acids is 1. The predicted octanol–water partition coefficient (Wildman–Crippen LogP) is 2.72. The maximum Gasteiger partial charge on any atom is 0.317 e. The fourth-order valence-electron chi connectivity index (χ4n) is 3.54. The van der Waals surface area contributed by atoms with Crippen molar-refractivity contribution in [3.63, 3.8) is 0 Å². The first-order valence-electron chi connectivity index (χ1n) is 9.28. The van der Waals surface area contributed by atoms with Gasteiger partial charge in [0.05, 0.1) is 26.4 Å². The third-order valence-corrected chi connectivity index (χ3v) is 5.09. The van der Waals surface area contributed by atoms with Gasteiger partial charge < -0.3 is 14.3 Å².